The first-order valence-corrected chi connectivity index (χ1v) is 6.06. The number of ether oxygens (including phenoxy) is 2. The van der Waals surface area contributed by atoms with E-state index in [9.17, 15) is 0 Å². The molecule has 1 rings (SSSR count). The van der Waals surface area contributed by atoms with Gasteiger partial charge in [-0.2, -0.15) is 0 Å². The zero-order valence-corrected chi connectivity index (χ0v) is 10.5. The van der Waals surface area contributed by atoms with E-state index in [1.54, 1.807) is 7.11 Å². The zero-order chi connectivity index (χ0) is 11.3. The minimum atomic E-state index is 0.247. The van der Waals surface area contributed by atoms with Gasteiger partial charge in [0.2, 0.25) is 0 Å². The molecule has 1 saturated carbocycles. The average Bonchev–Trinajstić information content (AvgIpc) is 2.15. The highest BCUT2D eigenvalue weighted by Crippen LogP contribution is 2.26. The Balaban J connectivity index is 2.16. The molecule has 0 aliphatic heterocycles. The summed E-state index contributed by atoms with van der Waals surface area (Å²) < 4.78 is 11.0. The lowest BCUT2D eigenvalue weighted by Gasteiger charge is -2.43. The molecule has 0 amide bonds. The SMILES string of the molecule is CCOC1CC(NCCC(C)C)C1OC. The molecule has 15 heavy (non-hydrogen) atoms. The predicted octanol–water partition coefficient (Wildman–Crippen LogP) is 1.81. The van der Waals surface area contributed by atoms with Crippen molar-refractivity contribution in [2.75, 3.05) is 20.3 Å². The third-order valence-electron chi connectivity index (χ3n) is 3.03. The fraction of sp³-hybridized carbons (Fsp3) is 1.00. The molecule has 3 unspecified atom stereocenters. The van der Waals surface area contributed by atoms with Crippen molar-refractivity contribution >= 4 is 0 Å². The minimum Gasteiger partial charge on any atom is -0.377 e. The van der Waals surface area contributed by atoms with Crippen molar-refractivity contribution in [3.05, 3.63) is 0 Å². The molecule has 0 saturated heterocycles. The van der Waals surface area contributed by atoms with Crippen molar-refractivity contribution in [3.63, 3.8) is 0 Å². The van der Waals surface area contributed by atoms with Crippen LogP contribution < -0.4 is 5.32 Å². The van der Waals surface area contributed by atoms with Crippen molar-refractivity contribution in [3.8, 4) is 0 Å². The molecule has 0 heterocycles. The first-order valence-electron chi connectivity index (χ1n) is 6.06. The van der Waals surface area contributed by atoms with E-state index in [2.05, 4.69) is 19.2 Å². The molecule has 1 aliphatic carbocycles. The summed E-state index contributed by atoms with van der Waals surface area (Å²) in [5, 5.41) is 3.53. The summed E-state index contributed by atoms with van der Waals surface area (Å²) in [5.74, 6) is 0.765. The summed E-state index contributed by atoms with van der Waals surface area (Å²) in [6.45, 7) is 8.40. The second kappa shape index (κ2) is 6.46. The number of methoxy groups -OCH3 is 1. The molecule has 3 nitrogen and oxygen atoms in total. The van der Waals surface area contributed by atoms with Gasteiger partial charge in [0.15, 0.2) is 0 Å². The number of hydrogen-bond acceptors (Lipinski definition) is 3. The van der Waals surface area contributed by atoms with Crippen LogP contribution in [0.25, 0.3) is 0 Å². The summed E-state index contributed by atoms with van der Waals surface area (Å²) in [7, 11) is 1.77. The Morgan fingerprint density at radius 2 is 2.13 bits per heavy atom. The molecular formula is C12H25NO2. The predicted molar refractivity (Wildman–Crippen MR) is 62.1 cm³/mol. The van der Waals surface area contributed by atoms with Gasteiger partial charge in [-0.1, -0.05) is 13.8 Å². The second-order valence-corrected chi connectivity index (χ2v) is 4.67. The van der Waals surface area contributed by atoms with Crippen LogP contribution in [0.4, 0.5) is 0 Å². The lowest BCUT2D eigenvalue weighted by molar-refractivity contribution is -0.131. The molecule has 0 bridgehead atoms. The maximum atomic E-state index is 5.57. The van der Waals surface area contributed by atoms with E-state index in [0.29, 0.717) is 12.1 Å². The largest absolute Gasteiger partial charge is 0.377 e. The van der Waals surface area contributed by atoms with Gasteiger partial charge in [0.25, 0.3) is 0 Å². The Kier molecular flexibility index (Phi) is 5.58. The Morgan fingerprint density at radius 3 is 2.67 bits per heavy atom. The molecule has 0 aromatic heterocycles. The molecule has 3 heteroatoms. The Labute approximate surface area is 93.5 Å². The molecule has 90 valence electrons. The van der Waals surface area contributed by atoms with Crippen LogP contribution in [0.1, 0.15) is 33.6 Å². The van der Waals surface area contributed by atoms with E-state index in [4.69, 9.17) is 9.47 Å². The fourth-order valence-electron chi connectivity index (χ4n) is 2.03. The van der Waals surface area contributed by atoms with Gasteiger partial charge in [0.05, 0.1) is 12.2 Å². The first kappa shape index (κ1) is 12.9. The van der Waals surface area contributed by atoms with E-state index < -0.39 is 0 Å². The molecule has 1 aliphatic rings. The van der Waals surface area contributed by atoms with Crippen LogP contribution in [-0.2, 0) is 9.47 Å². The summed E-state index contributed by atoms with van der Waals surface area (Å²) in [6.07, 6.45) is 2.87. The molecular weight excluding hydrogens is 190 g/mol. The van der Waals surface area contributed by atoms with E-state index in [-0.39, 0.29) is 6.10 Å². The Morgan fingerprint density at radius 1 is 1.40 bits per heavy atom. The first-order chi connectivity index (χ1) is 7.19. The highest BCUT2D eigenvalue weighted by Gasteiger charge is 2.41. The smallest absolute Gasteiger partial charge is 0.0986 e. The Hall–Kier alpha value is -0.120. The van der Waals surface area contributed by atoms with Crippen LogP contribution in [0.2, 0.25) is 0 Å². The van der Waals surface area contributed by atoms with Crippen LogP contribution in [0.5, 0.6) is 0 Å². The lowest BCUT2D eigenvalue weighted by Crippen LogP contribution is -2.59. The summed E-state index contributed by atoms with van der Waals surface area (Å²) in [5.41, 5.74) is 0. The zero-order valence-electron chi connectivity index (χ0n) is 10.5. The number of rotatable bonds is 7. The van der Waals surface area contributed by atoms with Gasteiger partial charge in [0, 0.05) is 19.8 Å². The van der Waals surface area contributed by atoms with Gasteiger partial charge >= 0.3 is 0 Å². The molecule has 0 radical (unpaired) electrons. The van der Waals surface area contributed by atoms with Crippen molar-refractivity contribution in [1.82, 2.24) is 5.32 Å². The van der Waals surface area contributed by atoms with Crippen LogP contribution in [0.3, 0.4) is 0 Å². The topological polar surface area (TPSA) is 30.5 Å². The quantitative estimate of drug-likeness (QED) is 0.702. The summed E-state index contributed by atoms with van der Waals surface area (Å²) >= 11 is 0. The normalized spacial score (nSPS) is 30.6. The molecule has 0 aromatic rings. The third kappa shape index (κ3) is 3.74. The molecule has 3 atom stereocenters. The van der Waals surface area contributed by atoms with Gasteiger partial charge in [-0.25, -0.2) is 0 Å². The van der Waals surface area contributed by atoms with Gasteiger partial charge in [0.1, 0.15) is 0 Å². The van der Waals surface area contributed by atoms with Crippen LogP contribution in [0.15, 0.2) is 0 Å². The molecule has 1 fully saturated rings. The Bertz CT molecular complexity index is 173. The van der Waals surface area contributed by atoms with Crippen LogP contribution in [0, 0.1) is 5.92 Å². The van der Waals surface area contributed by atoms with E-state index in [1.807, 2.05) is 6.92 Å². The van der Waals surface area contributed by atoms with Gasteiger partial charge in [-0.15, -0.1) is 0 Å². The second-order valence-electron chi connectivity index (χ2n) is 4.67. The average molecular weight is 215 g/mol. The van der Waals surface area contributed by atoms with E-state index in [0.717, 1.165) is 25.5 Å². The number of nitrogens with one attached hydrogen (secondary N) is 1. The maximum Gasteiger partial charge on any atom is 0.0986 e. The highest BCUT2D eigenvalue weighted by molar-refractivity contribution is 4.96. The van der Waals surface area contributed by atoms with Gasteiger partial charge < -0.3 is 14.8 Å². The highest BCUT2D eigenvalue weighted by atomic mass is 16.5. The molecule has 0 aromatic carbocycles. The summed E-state index contributed by atoms with van der Waals surface area (Å²) in [6, 6.07) is 0.491. The van der Waals surface area contributed by atoms with Crippen molar-refractivity contribution < 1.29 is 9.47 Å². The maximum absolute atomic E-state index is 5.57. The van der Waals surface area contributed by atoms with Gasteiger partial charge in [-0.05, 0) is 32.2 Å². The summed E-state index contributed by atoms with van der Waals surface area (Å²) in [4.78, 5) is 0. The standard InChI is InChI=1S/C12H25NO2/c1-5-15-11-8-10(12(11)14-4)13-7-6-9(2)3/h9-13H,5-8H2,1-4H3. The van der Waals surface area contributed by atoms with Crippen molar-refractivity contribution in [2.45, 2.75) is 51.9 Å². The minimum absolute atomic E-state index is 0.247. The van der Waals surface area contributed by atoms with Crippen LogP contribution >= 0.6 is 0 Å². The molecule has 1 N–H and O–H groups in total. The third-order valence-corrected chi connectivity index (χ3v) is 3.03. The van der Waals surface area contributed by atoms with Crippen molar-refractivity contribution in [1.29, 1.82) is 0 Å². The van der Waals surface area contributed by atoms with Crippen molar-refractivity contribution in [2.24, 2.45) is 5.92 Å². The monoisotopic (exact) mass is 215 g/mol. The fourth-order valence-corrected chi connectivity index (χ4v) is 2.03. The van der Waals surface area contributed by atoms with Gasteiger partial charge in [-0.3, -0.25) is 0 Å². The number of hydrogen-bond donors (Lipinski definition) is 1. The molecule has 0 spiro atoms. The lowest BCUT2D eigenvalue weighted by atomic mass is 9.85. The van der Waals surface area contributed by atoms with E-state index in [1.165, 1.54) is 6.42 Å². The van der Waals surface area contributed by atoms with Crippen LogP contribution in [-0.4, -0.2) is 38.5 Å². The van der Waals surface area contributed by atoms with E-state index >= 15 is 0 Å².